The van der Waals surface area contributed by atoms with E-state index in [9.17, 15) is 13.2 Å². The molecule has 0 aromatic heterocycles. The number of hydrogen-bond acceptors (Lipinski definition) is 1. The van der Waals surface area contributed by atoms with Gasteiger partial charge in [-0.2, -0.15) is 13.2 Å². The van der Waals surface area contributed by atoms with Gasteiger partial charge < -0.3 is 0 Å². The van der Waals surface area contributed by atoms with Crippen molar-refractivity contribution in [3.8, 4) is 0 Å². The summed E-state index contributed by atoms with van der Waals surface area (Å²) in [6, 6.07) is 0. The quantitative estimate of drug-likeness (QED) is 0.637. The molecule has 0 aliphatic carbocycles. The molecule has 0 radical (unpaired) electrons. The molecule has 0 fully saturated rings. The van der Waals surface area contributed by atoms with Crippen molar-refractivity contribution in [1.82, 2.24) is 4.90 Å². The summed E-state index contributed by atoms with van der Waals surface area (Å²) in [5.74, 6) is 0.180. The molecular weight excluding hydrogens is 191 g/mol. The maximum atomic E-state index is 11.9. The predicted octanol–water partition coefficient (Wildman–Crippen LogP) is 2.50. The van der Waals surface area contributed by atoms with Gasteiger partial charge in [0.15, 0.2) is 0 Å². The van der Waals surface area contributed by atoms with Crippen LogP contribution < -0.4 is 0 Å². The first kappa shape index (κ1) is 12.0. The summed E-state index contributed by atoms with van der Waals surface area (Å²) in [5, 5.41) is 0. The standard InChI is InChI=1S/C7H13ClF3N/c1-6(2,4-8)12(3)5-7(9,10)11/h4-5H2,1-3H3. The highest BCUT2D eigenvalue weighted by molar-refractivity contribution is 6.18. The minimum atomic E-state index is -4.15. The van der Waals surface area contributed by atoms with E-state index in [1.165, 1.54) is 11.9 Å². The second-order valence-corrected chi connectivity index (χ2v) is 3.68. The van der Waals surface area contributed by atoms with Gasteiger partial charge in [0.25, 0.3) is 0 Å². The van der Waals surface area contributed by atoms with Gasteiger partial charge in [-0.25, -0.2) is 0 Å². The minimum absolute atomic E-state index is 0.180. The SMILES string of the molecule is CN(CC(F)(F)F)C(C)(C)CCl. The van der Waals surface area contributed by atoms with Crippen molar-refractivity contribution in [1.29, 1.82) is 0 Å². The van der Waals surface area contributed by atoms with Gasteiger partial charge in [-0.3, -0.25) is 4.90 Å². The van der Waals surface area contributed by atoms with Crippen LogP contribution in [0.4, 0.5) is 13.2 Å². The van der Waals surface area contributed by atoms with Crippen LogP contribution in [0, 0.1) is 0 Å². The third kappa shape index (κ3) is 4.16. The lowest BCUT2D eigenvalue weighted by atomic mass is 10.1. The van der Waals surface area contributed by atoms with E-state index in [0.717, 1.165) is 0 Å². The van der Waals surface area contributed by atoms with Crippen LogP contribution in [0.2, 0.25) is 0 Å². The maximum Gasteiger partial charge on any atom is 0.401 e. The Bertz CT molecular complexity index is 144. The highest BCUT2D eigenvalue weighted by Crippen LogP contribution is 2.21. The fourth-order valence-corrected chi connectivity index (χ4v) is 0.789. The smallest absolute Gasteiger partial charge is 0.292 e. The van der Waals surface area contributed by atoms with Gasteiger partial charge in [-0.1, -0.05) is 0 Å². The molecule has 0 amide bonds. The highest BCUT2D eigenvalue weighted by Gasteiger charge is 2.34. The van der Waals surface area contributed by atoms with E-state index < -0.39 is 18.3 Å². The molecule has 0 N–H and O–H groups in total. The summed E-state index contributed by atoms with van der Waals surface area (Å²) in [4.78, 5) is 1.19. The van der Waals surface area contributed by atoms with E-state index in [-0.39, 0.29) is 5.88 Å². The number of nitrogens with zero attached hydrogens (tertiary/aromatic N) is 1. The second-order valence-electron chi connectivity index (χ2n) is 3.42. The Morgan fingerprint density at radius 3 is 1.92 bits per heavy atom. The van der Waals surface area contributed by atoms with Gasteiger partial charge in [0.1, 0.15) is 0 Å². The number of alkyl halides is 4. The van der Waals surface area contributed by atoms with E-state index >= 15 is 0 Å². The zero-order valence-electron chi connectivity index (χ0n) is 7.37. The fourth-order valence-electron chi connectivity index (χ4n) is 0.585. The lowest BCUT2D eigenvalue weighted by Crippen LogP contribution is -2.47. The number of halogens is 4. The van der Waals surface area contributed by atoms with Crippen molar-refractivity contribution in [3.63, 3.8) is 0 Å². The van der Waals surface area contributed by atoms with Crippen molar-refractivity contribution >= 4 is 11.6 Å². The average molecular weight is 204 g/mol. The van der Waals surface area contributed by atoms with Gasteiger partial charge >= 0.3 is 6.18 Å². The summed E-state index contributed by atoms with van der Waals surface area (Å²) in [7, 11) is 1.41. The lowest BCUT2D eigenvalue weighted by molar-refractivity contribution is -0.151. The molecule has 1 nitrogen and oxygen atoms in total. The molecule has 0 aromatic rings. The van der Waals surface area contributed by atoms with Gasteiger partial charge in [-0.05, 0) is 20.9 Å². The van der Waals surface area contributed by atoms with E-state index in [1.54, 1.807) is 13.8 Å². The molecule has 5 heteroatoms. The Hall–Kier alpha value is 0.0400. The highest BCUT2D eigenvalue weighted by atomic mass is 35.5. The molecule has 0 unspecified atom stereocenters. The molecule has 0 atom stereocenters. The van der Waals surface area contributed by atoms with Gasteiger partial charge in [0.2, 0.25) is 0 Å². The van der Waals surface area contributed by atoms with Gasteiger partial charge in [0.05, 0.1) is 6.54 Å². The topological polar surface area (TPSA) is 3.24 Å². The molecule has 0 bridgehead atoms. The van der Waals surface area contributed by atoms with Gasteiger partial charge in [-0.15, -0.1) is 11.6 Å². The van der Waals surface area contributed by atoms with Crippen molar-refractivity contribution in [2.75, 3.05) is 19.5 Å². The summed E-state index contributed by atoms with van der Waals surface area (Å²) < 4.78 is 35.7. The average Bonchev–Trinajstić information content (AvgIpc) is 1.84. The van der Waals surface area contributed by atoms with Crippen molar-refractivity contribution < 1.29 is 13.2 Å². The molecule has 0 spiro atoms. The first-order valence-electron chi connectivity index (χ1n) is 3.53. The van der Waals surface area contributed by atoms with Crippen LogP contribution in [-0.4, -0.2) is 36.1 Å². The maximum absolute atomic E-state index is 11.9. The van der Waals surface area contributed by atoms with Crippen LogP contribution in [0.25, 0.3) is 0 Å². The molecule has 12 heavy (non-hydrogen) atoms. The Morgan fingerprint density at radius 2 is 1.67 bits per heavy atom. The van der Waals surface area contributed by atoms with Crippen molar-refractivity contribution in [3.05, 3.63) is 0 Å². The Labute approximate surface area is 75.5 Å². The largest absolute Gasteiger partial charge is 0.401 e. The Kier molecular flexibility index (Phi) is 3.85. The summed E-state index contributed by atoms with van der Waals surface area (Å²) in [6.45, 7) is 2.42. The Balaban J connectivity index is 4.13. The molecule has 0 aliphatic heterocycles. The van der Waals surface area contributed by atoms with Gasteiger partial charge in [0, 0.05) is 11.4 Å². The van der Waals surface area contributed by atoms with Crippen molar-refractivity contribution in [2.45, 2.75) is 25.6 Å². The number of rotatable bonds is 3. The third-order valence-corrected chi connectivity index (χ3v) is 2.43. The van der Waals surface area contributed by atoms with Crippen LogP contribution in [0.1, 0.15) is 13.8 Å². The monoisotopic (exact) mass is 203 g/mol. The first-order chi connectivity index (χ1) is 5.19. The van der Waals surface area contributed by atoms with Crippen LogP contribution >= 0.6 is 11.6 Å². The molecular formula is C7H13ClF3N. The normalized spacial score (nSPS) is 14.0. The molecule has 0 aliphatic rings. The van der Waals surface area contributed by atoms with E-state index in [1.807, 2.05) is 0 Å². The second kappa shape index (κ2) is 3.83. The van der Waals surface area contributed by atoms with E-state index in [2.05, 4.69) is 0 Å². The van der Waals surface area contributed by atoms with Crippen LogP contribution in [0.3, 0.4) is 0 Å². The fraction of sp³-hybridized carbons (Fsp3) is 1.00. The zero-order valence-corrected chi connectivity index (χ0v) is 8.13. The third-order valence-electron chi connectivity index (χ3n) is 1.78. The minimum Gasteiger partial charge on any atom is -0.292 e. The first-order valence-corrected chi connectivity index (χ1v) is 4.06. The zero-order chi connectivity index (χ0) is 9.99. The molecule has 0 aromatic carbocycles. The van der Waals surface area contributed by atoms with E-state index in [0.29, 0.717) is 0 Å². The lowest BCUT2D eigenvalue weighted by Gasteiger charge is -2.34. The van der Waals surface area contributed by atoms with E-state index in [4.69, 9.17) is 11.6 Å². The van der Waals surface area contributed by atoms with Crippen LogP contribution in [0.5, 0.6) is 0 Å². The predicted molar refractivity (Wildman–Crippen MR) is 43.5 cm³/mol. The molecule has 0 saturated carbocycles. The molecule has 0 saturated heterocycles. The van der Waals surface area contributed by atoms with Crippen LogP contribution in [0.15, 0.2) is 0 Å². The molecule has 74 valence electrons. The number of hydrogen-bond donors (Lipinski definition) is 0. The van der Waals surface area contributed by atoms with Crippen molar-refractivity contribution in [2.24, 2.45) is 0 Å². The summed E-state index contributed by atoms with van der Waals surface area (Å²) in [6.07, 6.45) is -4.15. The molecule has 0 rings (SSSR count). The van der Waals surface area contributed by atoms with Crippen LogP contribution in [-0.2, 0) is 0 Å². The Morgan fingerprint density at radius 1 is 1.25 bits per heavy atom. The summed E-state index contributed by atoms with van der Waals surface area (Å²) in [5.41, 5.74) is -0.614. The summed E-state index contributed by atoms with van der Waals surface area (Å²) >= 11 is 5.51. The molecule has 0 heterocycles.